The van der Waals surface area contributed by atoms with Crippen molar-refractivity contribution in [2.24, 2.45) is 0 Å². The van der Waals surface area contributed by atoms with Crippen molar-refractivity contribution in [3.8, 4) is 11.5 Å². The number of unbranched alkanes of at least 4 members (excludes halogenated alkanes) is 11. The van der Waals surface area contributed by atoms with Crippen LogP contribution in [0.2, 0.25) is 0 Å². The lowest BCUT2D eigenvalue weighted by Crippen LogP contribution is -3.00. The zero-order valence-electron chi connectivity index (χ0n) is 23.6. The number of nitrogens with zero attached hydrogens (tertiary/aromatic N) is 1. The minimum absolute atomic E-state index is 0. The van der Waals surface area contributed by atoms with Gasteiger partial charge in [0.25, 0.3) is 5.91 Å². The van der Waals surface area contributed by atoms with E-state index in [1.807, 2.05) is 59.6 Å². The summed E-state index contributed by atoms with van der Waals surface area (Å²) in [5.41, 5.74) is 4.36. The number of rotatable bonds is 19. The topological polar surface area (TPSA) is 51.4 Å². The third-order valence-electron chi connectivity index (χ3n) is 6.82. The lowest BCUT2D eigenvalue weighted by atomic mass is 10.1. The molecule has 1 amide bonds. The summed E-state index contributed by atoms with van der Waals surface area (Å²) in [7, 11) is 1.63. The number of carbonyl (C=O) groups is 1. The van der Waals surface area contributed by atoms with E-state index >= 15 is 0 Å². The Morgan fingerprint density at radius 1 is 0.872 bits per heavy atom. The Labute approximate surface area is 249 Å². The normalized spacial score (nSPS) is 10.6. The average molecular weight is 618 g/mol. The molecule has 0 bridgehead atoms. The van der Waals surface area contributed by atoms with Crippen molar-refractivity contribution in [2.45, 2.75) is 90.5 Å². The Morgan fingerprint density at radius 2 is 1.54 bits per heavy atom. The van der Waals surface area contributed by atoms with Crippen LogP contribution in [0.4, 0.5) is 5.69 Å². The molecular formula is C32H45BrN2O3S. The lowest BCUT2D eigenvalue weighted by Gasteiger charge is -2.13. The highest BCUT2D eigenvalue weighted by atomic mass is 79.9. The molecule has 0 spiro atoms. The maximum atomic E-state index is 13.1. The van der Waals surface area contributed by atoms with Gasteiger partial charge in [0.15, 0.2) is 24.2 Å². The van der Waals surface area contributed by atoms with E-state index in [4.69, 9.17) is 9.47 Å². The van der Waals surface area contributed by atoms with Crippen molar-refractivity contribution in [1.29, 1.82) is 0 Å². The summed E-state index contributed by atoms with van der Waals surface area (Å²) in [5.74, 6) is 1.20. The number of hydrogen-bond acceptors (Lipinski definition) is 4. The number of nitrogens with one attached hydrogen (secondary N) is 1. The smallest absolute Gasteiger partial charge is 0.256 e. The molecule has 0 saturated carbocycles. The molecule has 2 aromatic carbocycles. The molecule has 0 unspecified atom stereocenters. The zero-order chi connectivity index (χ0) is 26.8. The number of carbonyl (C=O) groups excluding carboxylic acids is 1. The highest BCUT2D eigenvalue weighted by Gasteiger charge is 2.15. The van der Waals surface area contributed by atoms with Gasteiger partial charge in [-0.3, -0.25) is 4.79 Å². The SMILES string of the molecule is CCCCCCCCCCCCCCOc1ccc(NC(=O)c2ccccc2C[n+]2ccsc2)cc1OC.[Br-]. The number of halogens is 1. The van der Waals surface area contributed by atoms with Crippen LogP contribution in [0.5, 0.6) is 11.5 Å². The van der Waals surface area contributed by atoms with Gasteiger partial charge in [-0.05, 0) is 24.6 Å². The number of amides is 1. The molecule has 1 N–H and O–H groups in total. The van der Waals surface area contributed by atoms with Crippen LogP contribution < -0.4 is 36.3 Å². The van der Waals surface area contributed by atoms with Crippen LogP contribution >= 0.6 is 11.3 Å². The molecule has 3 aromatic rings. The molecule has 0 aliphatic rings. The second-order valence-corrected chi connectivity index (χ2v) is 10.7. The van der Waals surface area contributed by atoms with Crippen molar-refractivity contribution in [3.05, 3.63) is 70.7 Å². The third-order valence-corrected chi connectivity index (χ3v) is 7.49. The monoisotopic (exact) mass is 616 g/mol. The highest BCUT2D eigenvalue weighted by Crippen LogP contribution is 2.31. The molecule has 1 aromatic heterocycles. The number of ether oxygens (including phenoxy) is 2. The van der Waals surface area contributed by atoms with Crippen LogP contribution in [0.25, 0.3) is 0 Å². The van der Waals surface area contributed by atoms with Gasteiger partial charge in [0.05, 0.1) is 19.1 Å². The number of thiazole rings is 1. The van der Waals surface area contributed by atoms with Gasteiger partial charge in [-0.25, -0.2) is 0 Å². The minimum atomic E-state index is -0.136. The van der Waals surface area contributed by atoms with E-state index in [9.17, 15) is 4.79 Å². The van der Waals surface area contributed by atoms with Crippen LogP contribution in [-0.4, -0.2) is 19.6 Å². The van der Waals surface area contributed by atoms with Crippen LogP contribution in [-0.2, 0) is 6.54 Å². The van der Waals surface area contributed by atoms with E-state index in [2.05, 4.69) is 16.8 Å². The first-order valence-electron chi connectivity index (χ1n) is 14.3. The molecule has 0 fully saturated rings. The van der Waals surface area contributed by atoms with Gasteiger partial charge in [0.2, 0.25) is 5.51 Å². The lowest BCUT2D eigenvalue weighted by molar-refractivity contribution is -0.683. The maximum absolute atomic E-state index is 13.1. The molecule has 1 heterocycles. The van der Waals surface area contributed by atoms with Crippen LogP contribution in [0.1, 0.15) is 99.9 Å². The number of anilines is 1. The molecule has 7 heteroatoms. The summed E-state index contributed by atoms with van der Waals surface area (Å²) < 4.78 is 13.6. The van der Waals surface area contributed by atoms with E-state index in [0.29, 0.717) is 35.9 Å². The Bertz CT molecular complexity index is 1080. The van der Waals surface area contributed by atoms with Gasteiger partial charge in [-0.2, -0.15) is 4.57 Å². The van der Waals surface area contributed by atoms with E-state index < -0.39 is 0 Å². The fourth-order valence-corrected chi connectivity index (χ4v) is 5.21. The second kappa shape index (κ2) is 19.6. The number of aromatic nitrogens is 1. The Kier molecular flexibility index (Phi) is 16.5. The molecule has 0 saturated heterocycles. The molecule has 3 rings (SSSR count). The van der Waals surface area contributed by atoms with Crippen molar-refractivity contribution >= 4 is 22.9 Å². The fraction of sp³-hybridized carbons (Fsp3) is 0.500. The predicted molar refractivity (Wildman–Crippen MR) is 158 cm³/mol. The average Bonchev–Trinajstić information content (AvgIpc) is 3.45. The van der Waals surface area contributed by atoms with Gasteiger partial charge in [0, 0.05) is 22.9 Å². The first-order chi connectivity index (χ1) is 18.7. The summed E-state index contributed by atoms with van der Waals surface area (Å²) in [6.07, 6.45) is 17.9. The van der Waals surface area contributed by atoms with E-state index in [0.717, 1.165) is 12.0 Å². The molecule has 0 radical (unpaired) electrons. The number of hydrogen-bond donors (Lipinski definition) is 1. The summed E-state index contributed by atoms with van der Waals surface area (Å²) in [6, 6.07) is 13.3. The first-order valence-corrected chi connectivity index (χ1v) is 15.3. The quantitative estimate of drug-likeness (QED) is 0.144. The fourth-order valence-electron chi connectivity index (χ4n) is 4.62. The van der Waals surface area contributed by atoms with Crippen molar-refractivity contribution in [2.75, 3.05) is 19.0 Å². The molecular weight excluding hydrogens is 572 g/mol. The molecule has 5 nitrogen and oxygen atoms in total. The summed E-state index contributed by atoms with van der Waals surface area (Å²) in [6.45, 7) is 3.60. The number of benzene rings is 2. The summed E-state index contributed by atoms with van der Waals surface area (Å²) >= 11 is 1.63. The Morgan fingerprint density at radius 3 is 2.18 bits per heavy atom. The van der Waals surface area contributed by atoms with Crippen LogP contribution in [0.15, 0.2) is 59.6 Å². The minimum Gasteiger partial charge on any atom is -1.00 e. The maximum Gasteiger partial charge on any atom is 0.256 e. The standard InChI is InChI=1S/C32H44N2O3S.BrH/c1-3-4-5-6-7-8-9-10-11-12-13-16-22-37-30-20-19-28(24-31(30)36-2)33-32(35)29-18-15-14-17-27(29)25-34-21-23-38-26-34;/h14-15,17-21,23-24,26H,3-13,16,22,25H2,1-2H3;1H. The molecule has 0 aliphatic carbocycles. The largest absolute Gasteiger partial charge is 1.00 e. The molecule has 0 aliphatic heterocycles. The van der Waals surface area contributed by atoms with Crippen LogP contribution in [0, 0.1) is 0 Å². The number of methoxy groups -OCH3 is 1. The van der Waals surface area contributed by atoms with Crippen molar-refractivity contribution < 1.29 is 35.8 Å². The second-order valence-electron chi connectivity index (χ2n) is 9.91. The Hall–Kier alpha value is -2.38. The molecule has 214 valence electrons. The van der Waals surface area contributed by atoms with Crippen molar-refractivity contribution in [3.63, 3.8) is 0 Å². The van der Waals surface area contributed by atoms with E-state index in [1.54, 1.807) is 18.4 Å². The van der Waals surface area contributed by atoms with Gasteiger partial charge in [-0.1, -0.05) is 107 Å². The van der Waals surface area contributed by atoms with Gasteiger partial charge in [-0.15, -0.1) is 0 Å². The van der Waals surface area contributed by atoms with Gasteiger partial charge < -0.3 is 31.8 Å². The predicted octanol–water partition coefficient (Wildman–Crippen LogP) is 5.43. The van der Waals surface area contributed by atoms with Gasteiger partial charge in [0.1, 0.15) is 0 Å². The van der Waals surface area contributed by atoms with Crippen LogP contribution in [0.3, 0.4) is 0 Å². The van der Waals surface area contributed by atoms with Gasteiger partial charge >= 0.3 is 0 Å². The molecule has 0 atom stereocenters. The third kappa shape index (κ3) is 12.1. The van der Waals surface area contributed by atoms with Crippen molar-refractivity contribution in [1.82, 2.24) is 0 Å². The highest BCUT2D eigenvalue weighted by molar-refractivity contribution is 7.07. The summed E-state index contributed by atoms with van der Waals surface area (Å²) in [5, 5.41) is 5.04. The first kappa shape index (κ1) is 32.8. The Balaban J connectivity index is 0.00000533. The van der Waals surface area contributed by atoms with E-state index in [1.165, 1.54) is 70.6 Å². The molecule has 39 heavy (non-hydrogen) atoms. The van der Waals surface area contributed by atoms with E-state index in [-0.39, 0.29) is 22.9 Å². The zero-order valence-corrected chi connectivity index (χ0v) is 26.0. The summed E-state index contributed by atoms with van der Waals surface area (Å²) in [4.78, 5) is 13.1.